The number of likely N-dealkylation sites (tertiary alicyclic amines) is 1. The maximum atomic E-state index is 12.2. The van der Waals surface area contributed by atoms with Gasteiger partial charge in [-0.3, -0.25) is 9.69 Å². The fourth-order valence-electron chi connectivity index (χ4n) is 2.98. The van der Waals surface area contributed by atoms with Crippen molar-refractivity contribution in [1.29, 1.82) is 0 Å². The molecule has 1 fully saturated rings. The number of fused-ring (bicyclic) bond motifs is 1. The van der Waals surface area contributed by atoms with Gasteiger partial charge in [-0.1, -0.05) is 18.5 Å². The van der Waals surface area contributed by atoms with Gasteiger partial charge in [0.15, 0.2) is 11.5 Å². The highest BCUT2D eigenvalue weighted by atomic mass is 35.5. The number of amides is 1. The summed E-state index contributed by atoms with van der Waals surface area (Å²) < 4.78 is 11.0. The minimum atomic E-state index is -0.0484. The third kappa shape index (κ3) is 3.65. The molecule has 6 heteroatoms. The molecule has 1 amide bonds. The van der Waals surface area contributed by atoms with E-state index < -0.39 is 0 Å². The van der Waals surface area contributed by atoms with Gasteiger partial charge in [0.25, 0.3) is 0 Å². The Hall–Kier alpha value is -1.46. The Bertz CT molecular complexity index is 565. The van der Waals surface area contributed by atoms with Gasteiger partial charge in [0.2, 0.25) is 5.91 Å². The Morgan fingerprint density at radius 3 is 2.82 bits per heavy atom. The molecule has 0 unspecified atom stereocenters. The van der Waals surface area contributed by atoms with Gasteiger partial charge >= 0.3 is 0 Å². The molecule has 2 heterocycles. The molecule has 1 atom stereocenters. The van der Waals surface area contributed by atoms with Crippen LogP contribution in [0.1, 0.15) is 19.8 Å². The van der Waals surface area contributed by atoms with E-state index in [0.29, 0.717) is 47.9 Å². The highest BCUT2D eigenvalue weighted by Gasteiger charge is 2.20. The number of carbonyl (C=O) groups excluding carboxylic acids is 1. The van der Waals surface area contributed by atoms with E-state index in [9.17, 15) is 4.79 Å². The molecule has 5 nitrogen and oxygen atoms in total. The van der Waals surface area contributed by atoms with Gasteiger partial charge in [-0.25, -0.2) is 0 Å². The van der Waals surface area contributed by atoms with E-state index in [1.807, 2.05) is 0 Å². The van der Waals surface area contributed by atoms with Crippen LogP contribution in [0.15, 0.2) is 12.1 Å². The van der Waals surface area contributed by atoms with Gasteiger partial charge in [0, 0.05) is 18.7 Å². The van der Waals surface area contributed by atoms with E-state index in [1.54, 1.807) is 12.1 Å². The molecular weight excluding hydrogens is 304 g/mol. The third-order valence-corrected chi connectivity index (χ3v) is 4.33. The van der Waals surface area contributed by atoms with Crippen molar-refractivity contribution in [2.24, 2.45) is 5.92 Å². The summed E-state index contributed by atoms with van der Waals surface area (Å²) in [6.45, 7) is 5.60. The van der Waals surface area contributed by atoms with Crippen LogP contribution in [0.4, 0.5) is 5.69 Å². The first kappa shape index (κ1) is 15.4. The smallest absolute Gasteiger partial charge is 0.238 e. The van der Waals surface area contributed by atoms with Crippen LogP contribution in [0.25, 0.3) is 0 Å². The Kier molecular flexibility index (Phi) is 4.74. The molecule has 0 bridgehead atoms. The maximum absolute atomic E-state index is 12.2. The van der Waals surface area contributed by atoms with Crippen molar-refractivity contribution in [3.8, 4) is 11.5 Å². The second kappa shape index (κ2) is 6.75. The zero-order chi connectivity index (χ0) is 15.5. The summed E-state index contributed by atoms with van der Waals surface area (Å²) in [6, 6.07) is 3.42. The molecule has 1 N–H and O–H groups in total. The minimum Gasteiger partial charge on any atom is -0.486 e. The van der Waals surface area contributed by atoms with Gasteiger partial charge in [-0.05, 0) is 25.3 Å². The SMILES string of the molecule is C[C@@H]1CCCN(CC(=O)Nc2cc3c(cc2Cl)OCCO3)C1. The molecule has 0 radical (unpaired) electrons. The van der Waals surface area contributed by atoms with Crippen LogP contribution in [0.2, 0.25) is 5.02 Å². The average molecular weight is 325 g/mol. The number of benzene rings is 1. The topological polar surface area (TPSA) is 50.8 Å². The normalized spacial score (nSPS) is 21.5. The van der Waals surface area contributed by atoms with E-state index in [1.165, 1.54) is 6.42 Å². The number of hydrogen-bond donors (Lipinski definition) is 1. The molecule has 2 aliphatic rings. The lowest BCUT2D eigenvalue weighted by Crippen LogP contribution is -2.39. The lowest BCUT2D eigenvalue weighted by atomic mass is 10.0. The van der Waals surface area contributed by atoms with Crippen molar-refractivity contribution in [3.05, 3.63) is 17.2 Å². The number of anilines is 1. The van der Waals surface area contributed by atoms with Crippen molar-refractivity contribution in [2.75, 3.05) is 38.2 Å². The van der Waals surface area contributed by atoms with Crippen LogP contribution in [0.5, 0.6) is 11.5 Å². The molecule has 3 rings (SSSR count). The van der Waals surface area contributed by atoms with Crippen LogP contribution >= 0.6 is 11.6 Å². The predicted octanol–water partition coefficient (Wildman–Crippen LogP) is 2.78. The summed E-state index contributed by atoms with van der Waals surface area (Å²) in [7, 11) is 0. The fraction of sp³-hybridized carbons (Fsp3) is 0.562. The summed E-state index contributed by atoms with van der Waals surface area (Å²) >= 11 is 6.21. The number of rotatable bonds is 3. The molecule has 0 aliphatic carbocycles. The van der Waals surface area contributed by atoms with Gasteiger partial charge in [-0.2, -0.15) is 0 Å². The Morgan fingerprint density at radius 2 is 2.09 bits per heavy atom. The molecule has 2 aliphatic heterocycles. The van der Waals surface area contributed by atoms with Gasteiger partial charge < -0.3 is 14.8 Å². The number of nitrogens with one attached hydrogen (secondary N) is 1. The van der Waals surface area contributed by atoms with Gasteiger partial charge in [0.1, 0.15) is 13.2 Å². The molecule has 120 valence electrons. The number of halogens is 1. The Balaban J connectivity index is 1.63. The number of piperidine rings is 1. The number of carbonyl (C=O) groups is 1. The predicted molar refractivity (Wildman–Crippen MR) is 85.9 cm³/mol. The molecule has 0 aromatic heterocycles. The fourth-order valence-corrected chi connectivity index (χ4v) is 3.18. The first-order valence-electron chi connectivity index (χ1n) is 7.73. The number of ether oxygens (including phenoxy) is 2. The van der Waals surface area contributed by atoms with E-state index >= 15 is 0 Å². The van der Waals surface area contributed by atoms with Crippen molar-refractivity contribution < 1.29 is 14.3 Å². The molecule has 1 saturated heterocycles. The van der Waals surface area contributed by atoms with Crippen molar-refractivity contribution >= 4 is 23.2 Å². The zero-order valence-electron chi connectivity index (χ0n) is 12.7. The van der Waals surface area contributed by atoms with Crippen LogP contribution in [0, 0.1) is 5.92 Å². The second-order valence-electron chi connectivity index (χ2n) is 6.01. The van der Waals surface area contributed by atoms with E-state index in [2.05, 4.69) is 17.1 Å². The Labute approximate surface area is 135 Å². The van der Waals surface area contributed by atoms with Crippen molar-refractivity contribution in [2.45, 2.75) is 19.8 Å². The Morgan fingerprint density at radius 1 is 1.36 bits per heavy atom. The van der Waals surface area contributed by atoms with Crippen LogP contribution in [-0.2, 0) is 4.79 Å². The second-order valence-corrected chi connectivity index (χ2v) is 6.41. The van der Waals surface area contributed by atoms with E-state index in [4.69, 9.17) is 21.1 Å². The summed E-state index contributed by atoms with van der Waals surface area (Å²) in [5.74, 6) is 1.85. The first-order chi connectivity index (χ1) is 10.6. The quantitative estimate of drug-likeness (QED) is 0.929. The minimum absolute atomic E-state index is 0.0484. The van der Waals surface area contributed by atoms with Gasteiger partial charge in [0.05, 0.1) is 17.3 Å². The standard InChI is InChI=1S/C16H21ClN2O3/c1-11-3-2-4-19(9-11)10-16(20)18-13-8-15-14(7-12(13)17)21-5-6-22-15/h7-8,11H,2-6,9-10H2,1H3,(H,18,20)/t11-/m1/s1. The molecule has 0 spiro atoms. The molecule has 0 saturated carbocycles. The summed E-state index contributed by atoms with van der Waals surface area (Å²) in [5.41, 5.74) is 0.570. The highest BCUT2D eigenvalue weighted by Crippen LogP contribution is 2.37. The monoisotopic (exact) mass is 324 g/mol. The lowest BCUT2D eigenvalue weighted by molar-refractivity contribution is -0.117. The molecule has 1 aromatic carbocycles. The highest BCUT2D eigenvalue weighted by molar-refractivity contribution is 6.34. The molecule has 1 aromatic rings. The molecular formula is C16H21ClN2O3. The first-order valence-corrected chi connectivity index (χ1v) is 8.11. The lowest BCUT2D eigenvalue weighted by Gasteiger charge is -2.30. The summed E-state index contributed by atoms with van der Waals surface area (Å²) in [4.78, 5) is 14.4. The summed E-state index contributed by atoms with van der Waals surface area (Å²) in [6.07, 6.45) is 2.39. The zero-order valence-corrected chi connectivity index (χ0v) is 13.5. The summed E-state index contributed by atoms with van der Waals surface area (Å²) in [5, 5.41) is 3.34. The van der Waals surface area contributed by atoms with E-state index in [-0.39, 0.29) is 5.91 Å². The number of nitrogens with zero attached hydrogens (tertiary/aromatic N) is 1. The van der Waals surface area contributed by atoms with Crippen LogP contribution in [0.3, 0.4) is 0 Å². The average Bonchev–Trinajstić information content (AvgIpc) is 2.48. The van der Waals surface area contributed by atoms with Crippen LogP contribution in [-0.4, -0.2) is 43.7 Å². The van der Waals surface area contributed by atoms with E-state index in [0.717, 1.165) is 19.5 Å². The van der Waals surface area contributed by atoms with Crippen molar-refractivity contribution in [1.82, 2.24) is 4.90 Å². The van der Waals surface area contributed by atoms with Gasteiger partial charge in [-0.15, -0.1) is 0 Å². The largest absolute Gasteiger partial charge is 0.486 e. The maximum Gasteiger partial charge on any atom is 0.238 e. The van der Waals surface area contributed by atoms with Crippen LogP contribution < -0.4 is 14.8 Å². The van der Waals surface area contributed by atoms with Crippen molar-refractivity contribution in [3.63, 3.8) is 0 Å². The number of hydrogen-bond acceptors (Lipinski definition) is 4. The third-order valence-electron chi connectivity index (χ3n) is 4.01. The molecule has 22 heavy (non-hydrogen) atoms.